The van der Waals surface area contributed by atoms with E-state index in [0.717, 1.165) is 0 Å². The first-order valence-electron chi connectivity index (χ1n) is 4.20. The van der Waals surface area contributed by atoms with Crippen molar-refractivity contribution in [2.75, 3.05) is 0 Å². The van der Waals surface area contributed by atoms with Gasteiger partial charge in [0.05, 0.1) is 0 Å². The van der Waals surface area contributed by atoms with E-state index in [0.29, 0.717) is 0 Å². The fourth-order valence-electron chi connectivity index (χ4n) is 0. The second kappa shape index (κ2) is 17.3. The van der Waals surface area contributed by atoms with Gasteiger partial charge in [0.15, 0.2) is 0 Å². The molecule has 0 amide bonds. The topological polar surface area (TPSA) is 230 Å². The first-order chi connectivity index (χ1) is 10.9. The van der Waals surface area contributed by atoms with Crippen LogP contribution in [-0.4, -0.2) is 45.3 Å². The number of alkyl halides is 3. The predicted octanol–water partition coefficient (Wildman–Crippen LogP) is -0.824. The molecule has 0 unspecified atom stereocenters. The molecule has 0 aromatic heterocycles. The molecule has 0 saturated carbocycles. The van der Waals surface area contributed by atoms with Gasteiger partial charge in [0.2, 0.25) is 0 Å². The van der Waals surface area contributed by atoms with E-state index in [2.05, 4.69) is 0 Å². The average molecular weight is 526 g/mol. The van der Waals surface area contributed by atoms with Gasteiger partial charge in [0.25, 0.3) is 0 Å². The Morgan fingerprint density at radius 3 is 0.571 bits per heavy atom. The molecule has 0 aromatic rings. The van der Waals surface area contributed by atoms with Crippen molar-refractivity contribution >= 4 is 31.6 Å². The summed E-state index contributed by atoms with van der Waals surface area (Å²) < 4.78 is 128. The van der Waals surface area contributed by atoms with Crippen molar-refractivity contribution in [3.63, 3.8) is 0 Å². The van der Waals surface area contributed by atoms with Gasteiger partial charge in [0.1, 0.15) is 6.43 Å². The van der Waals surface area contributed by atoms with Crippen LogP contribution in [0.2, 0.25) is 0 Å². The van der Waals surface area contributed by atoms with E-state index in [4.69, 9.17) is 57.4 Å². The molecule has 0 heterocycles. The average Bonchev–Trinajstić information content (AvgIpc) is 2.02. The molecule has 0 radical (unpaired) electrons. The zero-order valence-corrected chi connectivity index (χ0v) is 16.0. The maximum absolute atomic E-state index is 10.4. The zero-order chi connectivity index (χ0) is 24.1. The molecular weight excluding hydrogens is 518 g/mol. The molecule has 12 nitrogen and oxygen atoms in total. The van der Waals surface area contributed by atoms with E-state index in [1.165, 1.54) is 0 Å². The summed E-state index contributed by atoms with van der Waals surface area (Å²) in [5.74, 6) is 0. The zero-order valence-electron chi connectivity index (χ0n) is 12.4. The third-order valence-corrected chi connectivity index (χ3v) is 0.214. The predicted molar refractivity (Wildman–Crippen MR) is 64.1 cm³/mol. The summed E-state index contributed by atoms with van der Waals surface area (Å²) in [6, 6.07) is 0. The van der Waals surface area contributed by atoms with Gasteiger partial charge < -0.3 is 8.78 Å². The minimum Gasteiger partial charge on any atom is -0.412 e. The Hall–Kier alpha value is 0.567. The molecule has 0 fully saturated rings. The van der Waals surface area contributed by atoms with Crippen LogP contribution in [0.25, 0.3) is 0 Å². The van der Waals surface area contributed by atoms with E-state index >= 15 is 0 Å². The number of halogens is 9. The smallest absolute Gasteiger partial charge is 0.412 e. The maximum atomic E-state index is 10.4. The van der Waals surface area contributed by atoms with Crippen molar-refractivity contribution in [3.8, 4) is 0 Å². The monoisotopic (exact) mass is 526 g/mol. The molecule has 0 aliphatic heterocycles. The summed E-state index contributed by atoms with van der Waals surface area (Å²) in [6.45, 7) is 0. The Morgan fingerprint density at radius 2 is 0.571 bits per heavy atom. The van der Waals surface area contributed by atoms with Crippen LogP contribution >= 0.6 is 31.6 Å². The molecule has 0 saturated heterocycles. The van der Waals surface area contributed by atoms with Crippen molar-refractivity contribution in [2.24, 2.45) is 0 Å². The molecule has 0 aromatic carbocycles. The van der Waals surface area contributed by atoms with Gasteiger partial charge in [-0.2, -0.15) is 0 Å². The third kappa shape index (κ3) is 403. The van der Waals surface area contributed by atoms with Crippen LogP contribution in [0.4, 0.5) is 38.7 Å². The maximum Gasteiger partial charge on any atom is 1.00 e. The molecule has 172 valence electrons. The molecule has 0 spiro atoms. The molecule has 0 bridgehead atoms. The minimum absolute atomic E-state index is 0. The normalized spacial score (nSPS) is 11.6. The van der Waals surface area contributed by atoms with E-state index < -0.39 is 44.2 Å². The van der Waals surface area contributed by atoms with Gasteiger partial charge in [-0.05, 0) is 0 Å². The van der Waals surface area contributed by atoms with E-state index in [1.54, 1.807) is 0 Å². The van der Waals surface area contributed by atoms with Gasteiger partial charge in [-0.3, -0.25) is 39.1 Å². The quantitative estimate of drug-likeness (QED) is 0.0838. The van der Waals surface area contributed by atoms with Gasteiger partial charge in [0, 0.05) is 0 Å². The van der Waals surface area contributed by atoms with Crippen LogP contribution in [-0.2, 0) is 18.3 Å². The Labute approximate surface area is 160 Å². The molecule has 0 rings (SSSR count). The van der Waals surface area contributed by atoms with Crippen molar-refractivity contribution in [1.29, 1.82) is 0 Å². The van der Waals surface area contributed by atoms with E-state index in [-0.39, 0.29) is 18.9 Å². The SMILES string of the molecule is F[C-](F)C(F)(F)F.O=P(O)(O)F.O=P(O)(O)F.O=P(O)(O)F.O=P(O)(O)F.[Li+]. The Kier molecular flexibility index (Phi) is 26.3. The van der Waals surface area contributed by atoms with E-state index in [1.807, 2.05) is 0 Å². The largest absolute Gasteiger partial charge is 1.00 e. The molecule has 0 aliphatic rings. The van der Waals surface area contributed by atoms with Gasteiger partial charge in [-0.15, -0.1) is 16.8 Å². The Bertz CT molecular complexity index is 431. The second-order valence-electron chi connectivity index (χ2n) is 2.65. The summed E-state index contributed by atoms with van der Waals surface area (Å²) in [7, 11) is -20.6. The fraction of sp³-hybridized carbons (Fsp3) is 0.500. The van der Waals surface area contributed by atoms with E-state index in [9.17, 15) is 38.7 Å². The first-order valence-corrected chi connectivity index (χ1v) is 10.2. The molecule has 8 N–H and O–H groups in total. The Balaban J connectivity index is -0.0000000540. The minimum atomic E-state index is -5.42. The molecule has 0 atom stereocenters. The molecular formula is C2H8F9LiO12P4. The molecule has 28 heavy (non-hydrogen) atoms. The van der Waals surface area contributed by atoms with Crippen LogP contribution < -0.4 is 18.9 Å². The summed E-state index contributed by atoms with van der Waals surface area (Å²) in [5.41, 5.74) is 0. The van der Waals surface area contributed by atoms with Gasteiger partial charge in [-0.1, -0.05) is 0 Å². The third-order valence-electron chi connectivity index (χ3n) is 0.214. The summed E-state index contributed by atoms with van der Waals surface area (Å²) in [6.07, 6.45) is -8.92. The summed E-state index contributed by atoms with van der Waals surface area (Å²) in [5, 5.41) is 0. The number of hydrogen-bond donors (Lipinski definition) is 8. The van der Waals surface area contributed by atoms with Crippen molar-refractivity contribution in [3.05, 3.63) is 6.43 Å². The van der Waals surface area contributed by atoms with Crippen molar-refractivity contribution in [1.82, 2.24) is 0 Å². The Morgan fingerprint density at radius 1 is 0.536 bits per heavy atom. The van der Waals surface area contributed by atoms with Gasteiger partial charge >= 0.3 is 56.7 Å². The van der Waals surface area contributed by atoms with Gasteiger partial charge in [-0.25, -0.2) is 31.4 Å². The van der Waals surface area contributed by atoms with Crippen LogP contribution in [0.5, 0.6) is 0 Å². The van der Waals surface area contributed by atoms with Crippen LogP contribution in [0.15, 0.2) is 0 Å². The molecule has 26 heteroatoms. The standard InChI is InChI=1S/C2F5.4FH2O3P.Li/c3-1(4)2(5,6)7;4*1-5(2,3)4;/h;4*(H2,2,3,4);/q-1;;;;;+1. The second-order valence-corrected chi connectivity index (χ2v) is 6.43. The summed E-state index contributed by atoms with van der Waals surface area (Å²) >= 11 is 0. The van der Waals surface area contributed by atoms with Crippen molar-refractivity contribution in [2.45, 2.75) is 6.18 Å². The van der Waals surface area contributed by atoms with Crippen LogP contribution in [0, 0.1) is 6.43 Å². The number of hydrogen-bond acceptors (Lipinski definition) is 4. The molecule has 0 aliphatic carbocycles. The number of rotatable bonds is 0. The van der Waals surface area contributed by atoms with Crippen LogP contribution in [0.1, 0.15) is 0 Å². The van der Waals surface area contributed by atoms with Crippen LogP contribution in [0.3, 0.4) is 0 Å². The fourth-order valence-corrected chi connectivity index (χ4v) is 0. The van der Waals surface area contributed by atoms with Crippen molar-refractivity contribution < 1.29 is 115 Å². The first kappa shape index (κ1) is 42.6. The summed E-state index contributed by atoms with van der Waals surface area (Å²) in [4.78, 5) is 55.7.